The fourth-order valence-electron chi connectivity index (χ4n) is 2.88. The Hall–Kier alpha value is -2.53. The summed E-state index contributed by atoms with van der Waals surface area (Å²) in [5.41, 5.74) is 2.94. The normalized spacial score (nSPS) is 11.8. The monoisotopic (exact) mass is 397 g/mol. The maximum atomic E-state index is 10.2. The number of halogens is 1. The van der Waals surface area contributed by atoms with Crippen LogP contribution in [0.1, 0.15) is 22.8 Å². The van der Waals surface area contributed by atoms with Crippen molar-refractivity contribution in [2.75, 3.05) is 13.7 Å². The summed E-state index contributed by atoms with van der Waals surface area (Å²) in [5, 5.41) is 14.2. The average Bonchev–Trinajstić information content (AvgIpc) is 2.73. The molecule has 0 heterocycles. The van der Waals surface area contributed by atoms with E-state index in [9.17, 15) is 5.11 Å². The average molecular weight is 398 g/mol. The number of nitrogens with one attached hydrogen (secondary N) is 1. The summed E-state index contributed by atoms with van der Waals surface area (Å²) in [6.45, 7) is 1.51. The van der Waals surface area contributed by atoms with Crippen LogP contribution >= 0.6 is 11.6 Å². The van der Waals surface area contributed by atoms with Gasteiger partial charge in [0.05, 0.1) is 13.2 Å². The number of benzene rings is 3. The molecule has 1 unspecified atom stereocenters. The van der Waals surface area contributed by atoms with Gasteiger partial charge in [0, 0.05) is 18.1 Å². The maximum Gasteiger partial charge on any atom is 0.161 e. The fourth-order valence-corrected chi connectivity index (χ4v) is 3.09. The Morgan fingerprint density at radius 3 is 2.50 bits per heavy atom. The van der Waals surface area contributed by atoms with E-state index in [1.54, 1.807) is 7.11 Å². The fraction of sp³-hybridized carbons (Fsp3) is 0.217. The van der Waals surface area contributed by atoms with Crippen LogP contribution in [0.25, 0.3) is 0 Å². The van der Waals surface area contributed by atoms with E-state index in [0.29, 0.717) is 36.2 Å². The van der Waals surface area contributed by atoms with E-state index in [1.165, 1.54) is 0 Å². The van der Waals surface area contributed by atoms with E-state index >= 15 is 0 Å². The van der Waals surface area contributed by atoms with Crippen LogP contribution in [0.2, 0.25) is 5.02 Å². The van der Waals surface area contributed by atoms with Gasteiger partial charge in [0.2, 0.25) is 0 Å². The lowest BCUT2D eigenvalue weighted by molar-refractivity contribution is 0.174. The molecule has 3 aromatic rings. The first-order valence-corrected chi connectivity index (χ1v) is 9.51. The molecule has 0 saturated heterocycles. The highest BCUT2D eigenvalue weighted by atomic mass is 35.5. The molecule has 3 aromatic carbocycles. The quantitative estimate of drug-likeness (QED) is 0.547. The molecule has 0 radical (unpaired) electrons. The van der Waals surface area contributed by atoms with Crippen molar-refractivity contribution in [3.63, 3.8) is 0 Å². The van der Waals surface area contributed by atoms with Crippen molar-refractivity contribution in [2.24, 2.45) is 0 Å². The summed E-state index contributed by atoms with van der Waals surface area (Å²) in [4.78, 5) is 0. The van der Waals surface area contributed by atoms with E-state index in [2.05, 4.69) is 5.32 Å². The van der Waals surface area contributed by atoms with Gasteiger partial charge in [-0.25, -0.2) is 0 Å². The number of rotatable bonds is 9. The zero-order valence-electron chi connectivity index (χ0n) is 15.8. The van der Waals surface area contributed by atoms with Gasteiger partial charge in [-0.15, -0.1) is 0 Å². The molecule has 2 N–H and O–H groups in total. The van der Waals surface area contributed by atoms with Crippen LogP contribution < -0.4 is 14.8 Å². The number of hydrogen-bond donors (Lipinski definition) is 2. The van der Waals surface area contributed by atoms with Crippen LogP contribution in [0.4, 0.5) is 0 Å². The first-order valence-electron chi connectivity index (χ1n) is 9.13. The van der Waals surface area contributed by atoms with E-state index in [0.717, 1.165) is 16.7 Å². The molecule has 0 aliphatic rings. The third-order valence-electron chi connectivity index (χ3n) is 4.36. The molecule has 0 fully saturated rings. The van der Waals surface area contributed by atoms with Crippen LogP contribution in [0.3, 0.4) is 0 Å². The first-order chi connectivity index (χ1) is 13.7. The molecule has 28 heavy (non-hydrogen) atoms. The van der Waals surface area contributed by atoms with Gasteiger partial charge in [0.25, 0.3) is 0 Å². The largest absolute Gasteiger partial charge is 0.493 e. The molecule has 0 aromatic heterocycles. The molecule has 0 amide bonds. The summed E-state index contributed by atoms with van der Waals surface area (Å²) in [6.07, 6.45) is -0.539. The highest BCUT2D eigenvalue weighted by Crippen LogP contribution is 2.29. The number of ether oxygens (including phenoxy) is 2. The van der Waals surface area contributed by atoms with Crippen molar-refractivity contribution in [1.29, 1.82) is 0 Å². The van der Waals surface area contributed by atoms with Gasteiger partial charge in [-0.1, -0.05) is 60.1 Å². The predicted octanol–water partition coefficient (Wildman–Crippen LogP) is 4.75. The molecule has 0 aliphatic heterocycles. The van der Waals surface area contributed by atoms with E-state index in [1.807, 2.05) is 72.8 Å². The van der Waals surface area contributed by atoms with Crippen molar-refractivity contribution in [3.05, 3.63) is 94.5 Å². The molecule has 4 nitrogen and oxygen atoms in total. The summed E-state index contributed by atoms with van der Waals surface area (Å²) in [7, 11) is 1.62. The molecule has 0 saturated carbocycles. The summed E-state index contributed by atoms with van der Waals surface area (Å²) in [6, 6.07) is 23.0. The number of methoxy groups -OCH3 is 1. The van der Waals surface area contributed by atoms with Gasteiger partial charge in [0.15, 0.2) is 11.5 Å². The van der Waals surface area contributed by atoms with E-state index < -0.39 is 6.10 Å². The third-order valence-corrected chi connectivity index (χ3v) is 4.60. The van der Waals surface area contributed by atoms with Gasteiger partial charge >= 0.3 is 0 Å². The highest BCUT2D eigenvalue weighted by Gasteiger charge is 2.09. The SMILES string of the molecule is COc1cc(CNCC(O)c2ccccc2)ccc1OCc1cccc(Cl)c1. The highest BCUT2D eigenvalue weighted by molar-refractivity contribution is 6.30. The van der Waals surface area contributed by atoms with Crippen molar-refractivity contribution < 1.29 is 14.6 Å². The predicted molar refractivity (Wildman–Crippen MR) is 112 cm³/mol. The zero-order chi connectivity index (χ0) is 19.8. The second kappa shape index (κ2) is 10.1. The van der Waals surface area contributed by atoms with Gasteiger partial charge in [-0.05, 0) is 41.0 Å². The number of aliphatic hydroxyl groups excluding tert-OH is 1. The van der Waals surface area contributed by atoms with Crippen LogP contribution in [0.5, 0.6) is 11.5 Å². The lowest BCUT2D eigenvalue weighted by atomic mass is 10.1. The van der Waals surface area contributed by atoms with Gasteiger partial charge in [-0.3, -0.25) is 0 Å². The van der Waals surface area contributed by atoms with Crippen molar-refractivity contribution in [3.8, 4) is 11.5 Å². The Morgan fingerprint density at radius 2 is 1.75 bits per heavy atom. The molecular weight excluding hydrogens is 374 g/mol. The lowest BCUT2D eigenvalue weighted by Gasteiger charge is -2.14. The van der Waals surface area contributed by atoms with Gasteiger partial charge < -0.3 is 19.9 Å². The van der Waals surface area contributed by atoms with Crippen molar-refractivity contribution >= 4 is 11.6 Å². The summed E-state index contributed by atoms with van der Waals surface area (Å²) < 4.78 is 11.3. The Kier molecular flexibility index (Phi) is 7.31. The summed E-state index contributed by atoms with van der Waals surface area (Å²) in [5.74, 6) is 1.35. The molecule has 0 spiro atoms. The second-order valence-corrected chi connectivity index (χ2v) is 6.90. The molecule has 3 rings (SSSR count). The Labute approximate surface area is 170 Å². The Morgan fingerprint density at radius 1 is 0.929 bits per heavy atom. The van der Waals surface area contributed by atoms with Crippen LogP contribution in [-0.4, -0.2) is 18.8 Å². The molecule has 5 heteroatoms. The lowest BCUT2D eigenvalue weighted by Crippen LogP contribution is -2.21. The van der Waals surface area contributed by atoms with Gasteiger partial charge in [0.1, 0.15) is 6.61 Å². The standard InChI is InChI=1S/C23H24ClNO3/c1-27-23-13-17(14-25-15-21(26)19-7-3-2-4-8-19)10-11-22(23)28-16-18-6-5-9-20(24)12-18/h2-13,21,25-26H,14-16H2,1H3. The van der Waals surface area contributed by atoms with Crippen molar-refractivity contribution in [1.82, 2.24) is 5.32 Å². The minimum absolute atomic E-state index is 0.414. The minimum Gasteiger partial charge on any atom is -0.493 e. The summed E-state index contributed by atoms with van der Waals surface area (Å²) >= 11 is 6.01. The topological polar surface area (TPSA) is 50.7 Å². The number of aliphatic hydroxyl groups is 1. The Balaban J connectivity index is 1.55. The van der Waals surface area contributed by atoms with Crippen LogP contribution in [-0.2, 0) is 13.2 Å². The van der Waals surface area contributed by atoms with E-state index in [-0.39, 0.29) is 0 Å². The molecular formula is C23H24ClNO3. The maximum absolute atomic E-state index is 10.2. The zero-order valence-corrected chi connectivity index (χ0v) is 16.5. The Bertz CT molecular complexity index is 886. The molecule has 0 bridgehead atoms. The first kappa shape index (κ1) is 20.2. The molecule has 146 valence electrons. The minimum atomic E-state index is -0.539. The van der Waals surface area contributed by atoms with Crippen LogP contribution in [0.15, 0.2) is 72.8 Å². The molecule has 0 aliphatic carbocycles. The smallest absolute Gasteiger partial charge is 0.161 e. The van der Waals surface area contributed by atoms with Crippen LogP contribution in [0, 0.1) is 0 Å². The van der Waals surface area contributed by atoms with Crippen molar-refractivity contribution in [2.45, 2.75) is 19.3 Å². The van der Waals surface area contributed by atoms with Gasteiger partial charge in [-0.2, -0.15) is 0 Å². The van der Waals surface area contributed by atoms with E-state index in [4.69, 9.17) is 21.1 Å². The second-order valence-electron chi connectivity index (χ2n) is 6.46. The number of hydrogen-bond acceptors (Lipinski definition) is 4. The molecule has 1 atom stereocenters. The third kappa shape index (κ3) is 5.73.